The summed E-state index contributed by atoms with van der Waals surface area (Å²) in [5, 5.41) is 10.8. The van der Waals surface area contributed by atoms with Gasteiger partial charge in [0.15, 0.2) is 0 Å². The van der Waals surface area contributed by atoms with Crippen molar-refractivity contribution in [3.05, 3.63) is 22.4 Å². The summed E-state index contributed by atoms with van der Waals surface area (Å²) >= 11 is 3.10. The van der Waals surface area contributed by atoms with Crippen LogP contribution in [0.2, 0.25) is 0 Å². The van der Waals surface area contributed by atoms with E-state index < -0.39 is 6.04 Å². The van der Waals surface area contributed by atoms with E-state index in [-0.39, 0.29) is 5.91 Å². The quantitative estimate of drug-likeness (QED) is 0.822. The molecule has 2 heterocycles. The molecule has 0 saturated heterocycles. The molecule has 82 valence electrons. The average Bonchev–Trinajstić information content (AvgIpc) is 2.85. The van der Waals surface area contributed by atoms with Gasteiger partial charge in [-0.2, -0.15) is 5.26 Å². The van der Waals surface area contributed by atoms with Crippen LogP contribution in [0, 0.1) is 11.3 Å². The number of thiophene rings is 2. The molecule has 0 N–H and O–H groups in total. The highest BCUT2D eigenvalue weighted by Gasteiger charge is 2.19. The Morgan fingerprint density at radius 3 is 2.94 bits per heavy atom. The van der Waals surface area contributed by atoms with Gasteiger partial charge in [-0.25, -0.2) is 0 Å². The summed E-state index contributed by atoms with van der Waals surface area (Å²) in [6.07, 6.45) is 0. The van der Waals surface area contributed by atoms with Gasteiger partial charge in [-0.1, -0.05) is 0 Å². The molecule has 2 aromatic heterocycles. The molecule has 16 heavy (non-hydrogen) atoms. The lowest BCUT2D eigenvalue weighted by molar-refractivity contribution is 0.0778. The van der Waals surface area contributed by atoms with Crippen LogP contribution in [-0.2, 0) is 0 Å². The van der Waals surface area contributed by atoms with E-state index in [0.29, 0.717) is 4.88 Å². The summed E-state index contributed by atoms with van der Waals surface area (Å²) in [6.45, 7) is 1.72. The second-order valence-electron chi connectivity index (χ2n) is 3.48. The highest BCUT2D eigenvalue weighted by atomic mass is 32.1. The van der Waals surface area contributed by atoms with Crippen molar-refractivity contribution in [2.45, 2.75) is 13.0 Å². The third-order valence-corrected chi connectivity index (χ3v) is 4.52. The van der Waals surface area contributed by atoms with Crippen LogP contribution >= 0.6 is 22.7 Å². The largest absolute Gasteiger partial charge is 0.325 e. The summed E-state index contributed by atoms with van der Waals surface area (Å²) in [7, 11) is 1.66. The van der Waals surface area contributed by atoms with E-state index >= 15 is 0 Å². The minimum atomic E-state index is -0.396. The van der Waals surface area contributed by atoms with E-state index in [1.54, 1.807) is 25.3 Å². The van der Waals surface area contributed by atoms with Gasteiger partial charge >= 0.3 is 0 Å². The van der Waals surface area contributed by atoms with Crippen molar-refractivity contribution in [1.82, 2.24) is 4.90 Å². The normalized spacial score (nSPS) is 12.3. The van der Waals surface area contributed by atoms with E-state index in [0.717, 1.165) is 9.40 Å². The van der Waals surface area contributed by atoms with Crippen LogP contribution in [0.1, 0.15) is 16.6 Å². The monoisotopic (exact) mass is 250 g/mol. The standard InChI is InChI=1S/C11H10N2OS2/c1-7(6-12)13(2)11(14)10-5-9-8(16-10)3-4-15-9/h3-5,7H,1-2H3. The Morgan fingerprint density at radius 1 is 1.56 bits per heavy atom. The lowest BCUT2D eigenvalue weighted by Crippen LogP contribution is -2.33. The van der Waals surface area contributed by atoms with E-state index in [1.807, 2.05) is 17.5 Å². The smallest absolute Gasteiger partial charge is 0.264 e. The second-order valence-corrected chi connectivity index (χ2v) is 5.51. The Morgan fingerprint density at radius 2 is 2.31 bits per heavy atom. The minimum absolute atomic E-state index is 0.0811. The van der Waals surface area contributed by atoms with Crippen LogP contribution in [0.5, 0.6) is 0 Å². The average molecular weight is 250 g/mol. The molecule has 0 aliphatic heterocycles. The minimum Gasteiger partial charge on any atom is -0.325 e. The highest BCUT2D eigenvalue weighted by molar-refractivity contribution is 7.27. The molecule has 1 unspecified atom stereocenters. The first-order chi connectivity index (χ1) is 7.63. The number of nitrogens with zero attached hydrogens (tertiary/aromatic N) is 2. The van der Waals surface area contributed by atoms with Gasteiger partial charge in [-0.05, 0) is 24.4 Å². The predicted octanol–water partition coefficient (Wildman–Crippen LogP) is 2.95. The Kier molecular flexibility index (Phi) is 2.95. The van der Waals surface area contributed by atoms with Crippen molar-refractivity contribution >= 4 is 38.0 Å². The predicted molar refractivity (Wildman–Crippen MR) is 66.9 cm³/mol. The zero-order valence-corrected chi connectivity index (χ0v) is 10.6. The number of carbonyl (C=O) groups is 1. The first kappa shape index (κ1) is 11.1. The fraction of sp³-hybridized carbons (Fsp3) is 0.273. The van der Waals surface area contributed by atoms with Crippen LogP contribution < -0.4 is 0 Å². The summed E-state index contributed by atoms with van der Waals surface area (Å²) in [4.78, 5) is 14.2. The maximum absolute atomic E-state index is 12.0. The van der Waals surface area contributed by atoms with Crippen molar-refractivity contribution in [3.63, 3.8) is 0 Å². The zero-order chi connectivity index (χ0) is 11.7. The molecule has 2 rings (SSSR count). The molecule has 2 aromatic rings. The summed E-state index contributed by atoms with van der Waals surface area (Å²) in [6, 6.07) is 5.57. The molecular weight excluding hydrogens is 240 g/mol. The zero-order valence-electron chi connectivity index (χ0n) is 8.93. The van der Waals surface area contributed by atoms with Crippen molar-refractivity contribution in [2.75, 3.05) is 7.05 Å². The Labute approximate surface area is 102 Å². The first-order valence-corrected chi connectivity index (χ1v) is 6.47. The molecular formula is C11H10N2OS2. The second kappa shape index (κ2) is 4.24. The maximum atomic E-state index is 12.0. The van der Waals surface area contributed by atoms with Crippen LogP contribution in [0.3, 0.4) is 0 Å². The molecule has 0 spiro atoms. The van der Waals surface area contributed by atoms with Gasteiger partial charge in [0.2, 0.25) is 0 Å². The molecule has 0 aliphatic rings. The van der Waals surface area contributed by atoms with Crippen molar-refractivity contribution in [1.29, 1.82) is 5.26 Å². The summed E-state index contributed by atoms with van der Waals surface area (Å²) in [5.41, 5.74) is 0. The van der Waals surface area contributed by atoms with Crippen LogP contribution in [-0.4, -0.2) is 23.9 Å². The van der Waals surface area contributed by atoms with Gasteiger partial charge in [0.05, 0.1) is 10.9 Å². The van der Waals surface area contributed by atoms with Crippen molar-refractivity contribution < 1.29 is 4.79 Å². The Balaban J connectivity index is 2.29. The Hall–Kier alpha value is -1.38. The molecule has 0 fully saturated rings. The van der Waals surface area contributed by atoms with Gasteiger partial charge < -0.3 is 4.90 Å². The van der Waals surface area contributed by atoms with E-state index in [2.05, 4.69) is 6.07 Å². The lowest BCUT2D eigenvalue weighted by atomic mass is 10.3. The fourth-order valence-corrected chi connectivity index (χ4v) is 3.40. The van der Waals surface area contributed by atoms with Gasteiger partial charge in [-0.15, -0.1) is 22.7 Å². The fourth-order valence-electron chi connectivity index (χ4n) is 1.31. The summed E-state index contributed by atoms with van der Waals surface area (Å²) in [5.74, 6) is -0.0811. The molecule has 1 amide bonds. The molecule has 0 radical (unpaired) electrons. The van der Waals surface area contributed by atoms with E-state index in [1.165, 1.54) is 16.2 Å². The van der Waals surface area contributed by atoms with E-state index in [4.69, 9.17) is 5.26 Å². The lowest BCUT2D eigenvalue weighted by Gasteiger charge is -2.18. The van der Waals surface area contributed by atoms with Crippen molar-refractivity contribution in [2.24, 2.45) is 0 Å². The third kappa shape index (κ3) is 1.82. The van der Waals surface area contributed by atoms with Crippen LogP contribution in [0.25, 0.3) is 9.40 Å². The molecule has 0 aromatic carbocycles. The van der Waals surface area contributed by atoms with Gasteiger partial charge in [0.25, 0.3) is 5.91 Å². The number of fused-ring (bicyclic) bond motifs is 1. The highest BCUT2D eigenvalue weighted by Crippen LogP contribution is 2.30. The number of amides is 1. The molecule has 0 bridgehead atoms. The third-order valence-electron chi connectivity index (χ3n) is 2.44. The van der Waals surface area contributed by atoms with Crippen molar-refractivity contribution in [3.8, 4) is 6.07 Å². The van der Waals surface area contributed by atoms with Gasteiger partial charge in [0, 0.05) is 16.4 Å². The maximum Gasteiger partial charge on any atom is 0.264 e. The molecule has 0 saturated carbocycles. The molecule has 0 aliphatic carbocycles. The van der Waals surface area contributed by atoms with Gasteiger partial charge in [0.1, 0.15) is 6.04 Å². The molecule has 3 nitrogen and oxygen atoms in total. The first-order valence-electron chi connectivity index (χ1n) is 4.77. The summed E-state index contributed by atoms with van der Waals surface area (Å²) < 4.78 is 2.26. The molecule has 5 heteroatoms. The molecule has 1 atom stereocenters. The number of rotatable bonds is 2. The van der Waals surface area contributed by atoms with Crippen LogP contribution in [0.15, 0.2) is 17.5 Å². The number of hydrogen-bond acceptors (Lipinski definition) is 4. The SMILES string of the molecule is CC(C#N)N(C)C(=O)c1cc2sccc2s1. The number of hydrogen-bond donors (Lipinski definition) is 0. The van der Waals surface area contributed by atoms with Crippen LogP contribution in [0.4, 0.5) is 0 Å². The number of nitriles is 1. The van der Waals surface area contributed by atoms with E-state index in [9.17, 15) is 4.79 Å². The Bertz CT molecular complexity index is 535. The topological polar surface area (TPSA) is 44.1 Å². The number of carbonyl (C=O) groups excluding carboxylic acids is 1. The van der Waals surface area contributed by atoms with Gasteiger partial charge in [-0.3, -0.25) is 4.79 Å².